The van der Waals surface area contributed by atoms with E-state index >= 15 is 0 Å². The van der Waals surface area contributed by atoms with Crippen LogP contribution in [0.2, 0.25) is 5.02 Å². The van der Waals surface area contributed by atoms with Gasteiger partial charge in [0.2, 0.25) is 0 Å². The van der Waals surface area contributed by atoms with Crippen molar-refractivity contribution in [1.29, 1.82) is 0 Å². The molecule has 110 valence electrons. The molecule has 1 fully saturated rings. The zero-order valence-electron chi connectivity index (χ0n) is 11.8. The molecule has 0 aliphatic carbocycles. The summed E-state index contributed by atoms with van der Waals surface area (Å²) in [6.45, 7) is 4.97. The van der Waals surface area contributed by atoms with E-state index in [-0.39, 0.29) is 12.0 Å². The van der Waals surface area contributed by atoms with Gasteiger partial charge in [-0.05, 0) is 50.5 Å². The van der Waals surface area contributed by atoms with E-state index in [2.05, 4.69) is 5.32 Å². The van der Waals surface area contributed by atoms with Gasteiger partial charge in [-0.25, -0.2) is 0 Å². The van der Waals surface area contributed by atoms with E-state index in [1.54, 1.807) is 19.1 Å². The van der Waals surface area contributed by atoms with Crippen molar-refractivity contribution in [3.8, 4) is 5.75 Å². The summed E-state index contributed by atoms with van der Waals surface area (Å²) in [5.74, 6) is 0.545. The minimum absolute atomic E-state index is 0.130. The fourth-order valence-electron chi connectivity index (χ4n) is 2.15. The van der Waals surface area contributed by atoms with Crippen LogP contribution >= 0.6 is 11.6 Å². The predicted octanol–water partition coefficient (Wildman–Crippen LogP) is 2.71. The summed E-state index contributed by atoms with van der Waals surface area (Å²) < 4.78 is 11.1. The second-order valence-corrected chi connectivity index (χ2v) is 5.49. The Bertz CT molecular complexity index is 472. The Morgan fingerprint density at radius 3 is 3.05 bits per heavy atom. The van der Waals surface area contributed by atoms with Crippen LogP contribution in [0.25, 0.3) is 0 Å². The van der Waals surface area contributed by atoms with Gasteiger partial charge < -0.3 is 14.8 Å². The molecule has 0 bridgehead atoms. The van der Waals surface area contributed by atoms with Crippen LogP contribution in [0.15, 0.2) is 18.2 Å². The molecule has 0 saturated carbocycles. The number of rotatable bonds is 5. The van der Waals surface area contributed by atoms with Crippen molar-refractivity contribution in [3.05, 3.63) is 28.8 Å². The van der Waals surface area contributed by atoms with Crippen LogP contribution in [0.5, 0.6) is 5.75 Å². The highest BCUT2D eigenvalue weighted by atomic mass is 35.5. The summed E-state index contributed by atoms with van der Waals surface area (Å²) in [5.41, 5.74) is 0.913. The maximum atomic E-state index is 12.0. The van der Waals surface area contributed by atoms with Gasteiger partial charge in [0, 0.05) is 18.2 Å². The average molecular weight is 298 g/mol. The average Bonchev–Trinajstić information content (AvgIpc) is 2.92. The number of carbonyl (C=O) groups is 1. The first-order chi connectivity index (χ1) is 9.56. The summed E-state index contributed by atoms with van der Waals surface area (Å²) in [7, 11) is 0. The quantitative estimate of drug-likeness (QED) is 0.909. The largest absolute Gasteiger partial charge is 0.481 e. The molecule has 1 heterocycles. The lowest BCUT2D eigenvalue weighted by molar-refractivity contribution is -0.127. The van der Waals surface area contributed by atoms with E-state index in [9.17, 15) is 4.79 Å². The SMILES string of the molecule is Cc1cc(Cl)ccc1O[C@H](C)C(=O)NC[C@@H]1CCCO1. The number of aryl methyl sites for hydroxylation is 1. The van der Waals surface area contributed by atoms with Crippen LogP contribution in [0.1, 0.15) is 25.3 Å². The van der Waals surface area contributed by atoms with Crippen LogP contribution in [-0.2, 0) is 9.53 Å². The minimum atomic E-state index is -0.545. The number of hydrogen-bond donors (Lipinski definition) is 1. The van der Waals surface area contributed by atoms with Gasteiger partial charge in [0.25, 0.3) is 5.91 Å². The molecule has 5 heteroatoms. The normalized spacial score (nSPS) is 19.6. The summed E-state index contributed by atoms with van der Waals surface area (Å²) in [6, 6.07) is 5.34. The third-order valence-corrected chi connectivity index (χ3v) is 3.57. The molecule has 1 N–H and O–H groups in total. The number of ether oxygens (including phenoxy) is 2. The van der Waals surface area contributed by atoms with Gasteiger partial charge in [-0.3, -0.25) is 4.79 Å². The smallest absolute Gasteiger partial charge is 0.260 e. The maximum Gasteiger partial charge on any atom is 0.260 e. The Morgan fingerprint density at radius 2 is 2.40 bits per heavy atom. The Balaban J connectivity index is 1.83. The lowest BCUT2D eigenvalue weighted by Gasteiger charge is -2.17. The summed E-state index contributed by atoms with van der Waals surface area (Å²) in [5, 5.41) is 3.52. The first kappa shape index (κ1) is 15.1. The van der Waals surface area contributed by atoms with Crippen molar-refractivity contribution in [2.24, 2.45) is 0 Å². The lowest BCUT2D eigenvalue weighted by Crippen LogP contribution is -2.40. The van der Waals surface area contributed by atoms with Crippen molar-refractivity contribution in [2.45, 2.75) is 38.9 Å². The lowest BCUT2D eigenvalue weighted by atomic mass is 10.2. The number of halogens is 1. The molecule has 20 heavy (non-hydrogen) atoms. The summed E-state index contributed by atoms with van der Waals surface area (Å²) in [4.78, 5) is 12.0. The monoisotopic (exact) mass is 297 g/mol. The number of nitrogens with one attached hydrogen (secondary N) is 1. The van der Waals surface area contributed by atoms with Gasteiger partial charge in [0.05, 0.1) is 6.10 Å². The number of carbonyl (C=O) groups excluding carboxylic acids is 1. The molecular formula is C15H20ClNO3. The van der Waals surface area contributed by atoms with Crippen molar-refractivity contribution < 1.29 is 14.3 Å². The number of amides is 1. The van der Waals surface area contributed by atoms with Crippen molar-refractivity contribution in [1.82, 2.24) is 5.32 Å². The first-order valence-electron chi connectivity index (χ1n) is 6.88. The number of hydrogen-bond acceptors (Lipinski definition) is 3. The van der Waals surface area contributed by atoms with Gasteiger partial charge >= 0.3 is 0 Å². The van der Waals surface area contributed by atoms with E-state index in [0.717, 1.165) is 25.0 Å². The zero-order chi connectivity index (χ0) is 14.5. The van der Waals surface area contributed by atoms with Crippen LogP contribution in [-0.4, -0.2) is 31.3 Å². The third kappa shape index (κ3) is 4.12. The first-order valence-corrected chi connectivity index (χ1v) is 7.26. The van der Waals surface area contributed by atoms with Crippen LogP contribution < -0.4 is 10.1 Å². The van der Waals surface area contributed by atoms with Crippen LogP contribution in [0.4, 0.5) is 0 Å². The molecule has 1 aliphatic rings. The molecule has 0 radical (unpaired) electrons. The molecule has 0 unspecified atom stereocenters. The molecular weight excluding hydrogens is 278 g/mol. The van der Waals surface area contributed by atoms with E-state index in [1.807, 2.05) is 13.0 Å². The highest BCUT2D eigenvalue weighted by molar-refractivity contribution is 6.30. The van der Waals surface area contributed by atoms with Crippen LogP contribution in [0.3, 0.4) is 0 Å². The Morgan fingerprint density at radius 1 is 1.60 bits per heavy atom. The molecule has 1 amide bonds. The van der Waals surface area contributed by atoms with E-state index < -0.39 is 6.10 Å². The fourth-order valence-corrected chi connectivity index (χ4v) is 2.38. The van der Waals surface area contributed by atoms with Crippen LogP contribution in [0, 0.1) is 6.92 Å². The number of benzene rings is 1. The topological polar surface area (TPSA) is 47.6 Å². The summed E-state index contributed by atoms with van der Waals surface area (Å²) in [6.07, 6.45) is 1.67. The predicted molar refractivity (Wildman–Crippen MR) is 78.3 cm³/mol. The molecule has 1 aromatic rings. The van der Waals surface area contributed by atoms with Gasteiger partial charge in [-0.15, -0.1) is 0 Å². The molecule has 1 aliphatic heterocycles. The van der Waals surface area contributed by atoms with Crippen molar-refractivity contribution in [3.63, 3.8) is 0 Å². The summed E-state index contributed by atoms with van der Waals surface area (Å²) >= 11 is 5.89. The zero-order valence-corrected chi connectivity index (χ0v) is 12.6. The van der Waals surface area contributed by atoms with Gasteiger partial charge in [0.15, 0.2) is 6.10 Å². The maximum absolute atomic E-state index is 12.0. The fraction of sp³-hybridized carbons (Fsp3) is 0.533. The second kappa shape index (κ2) is 6.95. The Kier molecular flexibility index (Phi) is 5.26. The van der Waals surface area contributed by atoms with Gasteiger partial charge in [-0.2, -0.15) is 0 Å². The third-order valence-electron chi connectivity index (χ3n) is 3.34. The van der Waals surface area contributed by atoms with E-state index in [1.165, 1.54) is 0 Å². The van der Waals surface area contributed by atoms with E-state index in [0.29, 0.717) is 17.3 Å². The molecule has 2 atom stereocenters. The molecule has 2 rings (SSSR count). The van der Waals surface area contributed by atoms with Crippen molar-refractivity contribution >= 4 is 17.5 Å². The minimum Gasteiger partial charge on any atom is -0.481 e. The second-order valence-electron chi connectivity index (χ2n) is 5.05. The molecule has 1 aromatic carbocycles. The molecule has 1 saturated heterocycles. The molecule has 0 aromatic heterocycles. The molecule has 0 spiro atoms. The van der Waals surface area contributed by atoms with Crippen molar-refractivity contribution in [2.75, 3.05) is 13.2 Å². The Labute approximate surface area is 124 Å². The standard InChI is InChI=1S/C15H20ClNO3/c1-10-8-12(16)5-6-14(10)20-11(2)15(18)17-9-13-4-3-7-19-13/h5-6,8,11,13H,3-4,7,9H2,1-2H3,(H,17,18)/t11-,13+/m1/s1. The highest BCUT2D eigenvalue weighted by Crippen LogP contribution is 2.22. The highest BCUT2D eigenvalue weighted by Gasteiger charge is 2.20. The van der Waals surface area contributed by atoms with Gasteiger partial charge in [0.1, 0.15) is 5.75 Å². The van der Waals surface area contributed by atoms with E-state index in [4.69, 9.17) is 21.1 Å². The Hall–Kier alpha value is -1.26. The molecule has 4 nitrogen and oxygen atoms in total. The van der Waals surface area contributed by atoms with Gasteiger partial charge in [-0.1, -0.05) is 11.6 Å².